The molecule has 1 aromatic heterocycles. The number of morpholine rings is 1. The Morgan fingerprint density at radius 1 is 1.04 bits per heavy atom. The fourth-order valence-electron chi connectivity index (χ4n) is 3.60. The zero-order valence-corrected chi connectivity index (χ0v) is 12.9. The highest BCUT2D eigenvalue weighted by atomic mass is 19.1. The molecule has 1 aromatic carbocycles. The first-order valence-corrected chi connectivity index (χ1v) is 8.07. The first kappa shape index (κ1) is 14.6. The van der Waals surface area contributed by atoms with Crippen molar-refractivity contribution < 1.29 is 9.13 Å². The van der Waals surface area contributed by atoms with Crippen molar-refractivity contribution in [2.45, 2.75) is 12.1 Å². The van der Waals surface area contributed by atoms with Gasteiger partial charge in [-0.3, -0.25) is 4.90 Å². The largest absolute Gasteiger partial charge is 0.378 e. The average molecular weight is 313 g/mol. The minimum absolute atomic E-state index is 0.253. The average Bonchev–Trinajstić information content (AvgIpc) is 2.62. The maximum absolute atomic E-state index is 14.0. The SMILES string of the molecule is Fc1cccnc1N1CCN2[C@@H](COC[C@@H]2c2ccccc2)C1. The molecule has 0 aliphatic carbocycles. The van der Waals surface area contributed by atoms with Gasteiger partial charge in [0.1, 0.15) is 0 Å². The Morgan fingerprint density at radius 2 is 1.91 bits per heavy atom. The molecule has 2 aliphatic rings. The Morgan fingerprint density at radius 3 is 2.74 bits per heavy atom. The third-order valence-electron chi connectivity index (χ3n) is 4.74. The van der Waals surface area contributed by atoms with Gasteiger partial charge in [-0.25, -0.2) is 9.37 Å². The number of halogens is 1. The maximum Gasteiger partial charge on any atom is 0.165 e. The number of ether oxygens (including phenoxy) is 1. The fourth-order valence-corrected chi connectivity index (χ4v) is 3.60. The van der Waals surface area contributed by atoms with E-state index >= 15 is 0 Å². The smallest absolute Gasteiger partial charge is 0.165 e. The Kier molecular flexibility index (Phi) is 3.97. The molecule has 0 amide bonds. The molecule has 4 rings (SSSR count). The van der Waals surface area contributed by atoms with Gasteiger partial charge < -0.3 is 9.64 Å². The second-order valence-corrected chi connectivity index (χ2v) is 6.11. The lowest BCUT2D eigenvalue weighted by Gasteiger charge is -2.48. The van der Waals surface area contributed by atoms with Gasteiger partial charge in [0.2, 0.25) is 0 Å². The Bertz CT molecular complexity index is 666. The number of aromatic nitrogens is 1. The summed E-state index contributed by atoms with van der Waals surface area (Å²) in [4.78, 5) is 8.74. The van der Waals surface area contributed by atoms with Crippen molar-refractivity contribution in [3.8, 4) is 0 Å². The van der Waals surface area contributed by atoms with Crippen LogP contribution < -0.4 is 4.90 Å². The quantitative estimate of drug-likeness (QED) is 0.852. The van der Waals surface area contributed by atoms with Gasteiger partial charge >= 0.3 is 0 Å². The van der Waals surface area contributed by atoms with Crippen LogP contribution in [0.3, 0.4) is 0 Å². The van der Waals surface area contributed by atoms with E-state index in [9.17, 15) is 4.39 Å². The van der Waals surface area contributed by atoms with Crippen molar-refractivity contribution in [2.75, 3.05) is 37.7 Å². The molecule has 23 heavy (non-hydrogen) atoms. The van der Waals surface area contributed by atoms with Gasteiger partial charge in [-0.1, -0.05) is 30.3 Å². The number of piperazine rings is 1. The van der Waals surface area contributed by atoms with E-state index in [1.165, 1.54) is 11.6 Å². The highest BCUT2D eigenvalue weighted by Crippen LogP contribution is 2.31. The van der Waals surface area contributed by atoms with E-state index in [1.807, 2.05) is 11.0 Å². The number of anilines is 1. The lowest BCUT2D eigenvalue weighted by atomic mass is 10.00. The van der Waals surface area contributed by atoms with Crippen molar-refractivity contribution in [1.29, 1.82) is 0 Å². The fraction of sp³-hybridized carbons (Fsp3) is 0.389. The summed E-state index contributed by atoms with van der Waals surface area (Å²) in [6.45, 7) is 3.83. The van der Waals surface area contributed by atoms with Crippen LogP contribution in [0.2, 0.25) is 0 Å². The molecule has 4 nitrogen and oxygen atoms in total. The van der Waals surface area contributed by atoms with Crippen LogP contribution >= 0.6 is 0 Å². The summed E-state index contributed by atoms with van der Waals surface area (Å²) in [7, 11) is 0. The Balaban J connectivity index is 1.54. The molecular weight excluding hydrogens is 293 g/mol. The number of benzene rings is 1. The monoisotopic (exact) mass is 313 g/mol. The Hall–Kier alpha value is -1.98. The van der Waals surface area contributed by atoms with E-state index in [4.69, 9.17) is 4.74 Å². The summed E-state index contributed by atoms with van der Waals surface area (Å²) in [6.07, 6.45) is 1.65. The van der Waals surface area contributed by atoms with Gasteiger partial charge in [0, 0.05) is 25.8 Å². The van der Waals surface area contributed by atoms with Crippen LogP contribution in [0.15, 0.2) is 48.7 Å². The van der Waals surface area contributed by atoms with Crippen molar-refractivity contribution in [2.24, 2.45) is 0 Å². The summed E-state index contributed by atoms with van der Waals surface area (Å²) < 4.78 is 19.8. The first-order valence-electron chi connectivity index (χ1n) is 8.07. The minimum Gasteiger partial charge on any atom is -0.378 e. The maximum atomic E-state index is 14.0. The van der Waals surface area contributed by atoms with Crippen molar-refractivity contribution >= 4 is 5.82 Å². The molecule has 3 heterocycles. The highest BCUT2D eigenvalue weighted by Gasteiger charge is 2.37. The topological polar surface area (TPSA) is 28.6 Å². The van der Waals surface area contributed by atoms with Crippen LogP contribution in [-0.2, 0) is 4.74 Å². The van der Waals surface area contributed by atoms with E-state index in [2.05, 4.69) is 34.1 Å². The van der Waals surface area contributed by atoms with Crippen molar-refractivity contribution in [3.63, 3.8) is 0 Å². The van der Waals surface area contributed by atoms with Crippen LogP contribution in [-0.4, -0.2) is 48.8 Å². The lowest BCUT2D eigenvalue weighted by Crippen LogP contribution is -2.59. The number of hydrogen-bond acceptors (Lipinski definition) is 4. The van der Waals surface area contributed by atoms with Crippen LogP contribution in [0.5, 0.6) is 0 Å². The van der Waals surface area contributed by atoms with Gasteiger partial charge in [0.05, 0.1) is 25.3 Å². The number of fused-ring (bicyclic) bond motifs is 1. The van der Waals surface area contributed by atoms with Crippen molar-refractivity contribution in [3.05, 3.63) is 60.0 Å². The van der Waals surface area contributed by atoms with E-state index in [-0.39, 0.29) is 17.9 Å². The molecule has 0 spiro atoms. The summed E-state index contributed by atoms with van der Waals surface area (Å²) in [5, 5.41) is 0. The molecule has 2 aliphatic heterocycles. The van der Waals surface area contributed by atoms with Crippen molar-refractivity contribution in [1.82, 2.24) is 9.88 Å². The lowest BCUT2D eigenvalue weighted by molar-refractivity contribution is -0.0548. The zero-order valence-electron chi connectivity index (χ0n) is 12.9. The normalized spacial score (nSPS) is 25.2. The highest BCUT2D eigenvalue weighted by molar-refractivity contribution is 5.40. The van der Waals surface area contributed by atoms with Gasteiger partial charge in [0.25, 0.3) is 0 Å². The van der Waals surface area contributed by atoms with Crippen LogP contribution in [0.1, 0.15) is 11.6 Å². The van der Waals surface area contributed by atoms with Gasteiger partial charge in [-0.2, -0.15) is 0 Å². The molecule has 0 unspecified atom stereocenters. The third kappa shape index (κ3) is 2.82. The summed E-state index contributed by atoms with van der Waals surface area (Å²) in [5.74, 6) is 0.200. The predicted molar refractivity (Wildman–Crippen MR) is 86.9 cm³/mol. The molecule has 2 saturated heterocycles. The standard InChI is InChI=1S/C18H20FN3O/c19-16-7-4-8-20-18(16)21-9-10-22-15(11-21)12-23-13-17(22)14-5-2-1-3-6-14/h1-8,15,17H,9-13H2/t15-,17-/m1/s1. The zero-order chi connectivity index (χ0) is 15.6. The summed E-state index contributed by atoms with van der Waals surface area (Å²) >= 11 is 0. The van der Waals surface area contributed by atoms with Gasteiger partial charge in [-0.15, -0.1) is 0 Å². The van der Waals surface area contributed by atoms with Crippen LogP contribution in [0.25, 0.3) is 0 Å². The number of nitrogens with zero attached hydrogens (tertiary/aromatic N) is 3. The van der Waals surface area contributed by atoms with Crippen LogP contribution in [0.4, 0.5) is 10.2 Å². The molecule has 2 fully saturated rings. The number of pyridine rings is 1. The van der Waals surface area contributed by atoms with E-state index in [0.29, 0.717) is 12.4 Å². The molecule has 0 radical (unpaired) electrons. The van der Waals surface area contributed by atoms with E-state index < -0.39 is 0 Å². The predicted octanol–water partition coefficient (Wildman–Crippen LogP) is 2.48. The van der Waals surface area contributed by atoms with E-state index in [1.54, 1.807) is 12.3 Å². The molecular formula is C18H20FN3O. The molecule has 5 heteroatoms. The second-order valence-electron chi connectivity index (χ2n) is 6.11. The number of rotatable bonds is 2. The molecule has 0 N–H and O–H groups in total. The van der Waals surface area contributed by atoms with E-state index in [0.717, 1.165) is 26.2 Å². The third-order valence-corrected chi connectivity index (χ3v) is 4.74. The Labute approximate surface area is 135 Å². The second kappa shape index (κ2) is 6.26. The molecule has 120 valence electrons. The first-order chi connectivity index (χ1) is 11.3. The molecule has 0 bridgehead atoms. The molecule has 0 saturated carbocycles. The van der Waals surface area contributed by atoms with Crippen LogP contribution in [0, 0.1) is 5.82 Å². The minimum atomic E-state index is -0.253. The van der Waals surface area contributed by atoms with Gasteiger partial charge in [0.15, 0.2) is 11.6 Å². The molecule has 2 atom stereocenters. The molecule has 2 aromatic rings. The summed E-state index contributed by atoms with van der Waals surface area (Å²) in [5.41, 5.74) is 1.29. The number of hydrogen-bond donors (Lipinski definition) is 0. The van der Waals surface area contributed by atoms with Gasteiger partial charge in [-0.05, 0) is 17.7 Å². The summed E-state index contributed by atoms with van der Waals surface area (Å²) in [6, 6.07) is 14.1.